The summed E-state index contributed by atoms with van der Waals surface area (Å²) >= 11 is 0. The van der Waals surface area contributed by atoms with Crippen LogP contribution in [0.5, 0.6) is 23.0 Å². The normalized spacial score (nSPS) is 14.3. The average molecular weight is 617 g/mol. The number of hydrazone groups is 1. The van der Waals surface area contributed by atoms with E-state index in [2.05, 4.69) is 64.0 Å². The number of carbonyl (C=O) groups is 2. The predicted octanol–water partition coefficient (Wildman–Crippen LogP) is 9.83. The molecule has 4 aromatic rings. The van der Waals surface area contributed by atoms with Crippen LogP contribution in [0.3, 0.4) is 0 Å². The number of benzene rings is 4. The van der Waals surface area contributed by atoms with Crippen molar-refractivity contribution in [3.8, 4) is 23.0 Å². The molecule has 7 nitrogen and oxygen atoms in total. The van der Waals surface area contributed by atoms with Crippen molar-refractivity contribution in [1.29, 1.82) is 0 Å². The van der Waals surface area contributed by atoms with E-state index in [-0.39, 0.29) is 22.8 Å². The van der Waals surface area contributed by atoms with Gasteiger partial charge in [0.1, 0.15) is 23.0 Å². The molecule has 0 saturated heterocycles. The summed E-state index contributed by atoms with van der Waals surface area (Å²) < 4.78 is 12.7. The van der Waals surface area contributed by atoms with Crippen LogP contribution in [0.1, 0.15) is 81.4 Å². The molecule has 0 bridgehead atoms. The highest BCUT2D eigenvalue weighted by Gasteiger charge is 2.33. The van der Waals surface area contributed by atoms with Crippen molar-refractivity contribution >= 4 is 29.4 Å². The van der Waals surface area contributed by atoms with E-state index in [0.29, 0.717) is 51.5 Å². The number of rotatable bonds is 9. The number of carbonyl (C=O) groups excluding carboxylic acids is 1. The number of amides is 1. The van der Waals surface area contributed by atoms with E-state index in [0.717, 1.165) is 0 Å². The van der Waals surface area contributed by atoms with Crippen LogP contribution < -0.4 is 14.5 Å². The first-order chi connectivity index (χ1) is 21.8. The Morgan fingerprint density at radius 3 is 1.93 bits per heavy atom. The van der Waals surface area contributed by atoms with Gasteiger partial charge in [-0.2, -0.15) is 10.1 Å². The zero-order chi connectivity index (χ0) is 33.2. The SMILES string of the molecule is CC(C)C1=NN(c2ccc(C(=O)O)cc2)C(=O)/C1=C\c1ccc(Oc2ccc(C(C)C)cc2)cc1Oc1ccc(C(C)(C)C)cc1. The van der Waals surface area contributed by atoms with Crippen LogP contribution in [0.2, 0.25) is 0 Å². The van der Waals surface area contributed by atoms with E-state index in [9.17, 15) is 14.7 Å². The summed E-state index contributed by atoms with van der Waals surface area (Å²) in [7, 11) is 0. The highest BCUT2D eigenvalue weighted by molar-refractivity contribution is 6.33. The highest BCUT2D eigenvalue weighted by Crippen LogP contribution is 2.36. The molecule has 0 spiro atoms. The number of nitrogens with zero attached hydrogens (tertiary/aromatic N) is 2. The Morgan fingerprint density at radius 2 is 1.37 bits per heavy atom. The molecule has 4 aromatic carbocycles. The first-order valence-electron chi connectivity index (χ1n) is 15.5. The Labute approximate surface area is 270 Å². The number of hydrogen-bond acceptors (Lipinski definition) is 5. The molecule has 1 aliphatic heterocycles. The van der Waals surface area contributed by atoms with Crippen LogP contribution >= 0.6 is 0 Å². The van der Waals surface area contributed by atoms with Gasteiger partial charge in [-0.1, -0.05) is 72.7 Å². The molecule has 0 radical (unpaired) electrons. The van der Waals surface area contributed by atoms with Crippen LogP contribution in [0.4, 0.5) is 5.69 Å². The molecule has 0 aromatic heterocycles. The molecule has 1 aliphatic rings. The third-order valence-electron chi connectivity index (χ3n) is 7.83. The van der Waals surface area contributed by atoms with E-state index in [4.69, 9.17) is 9.47 Å². The topological polar surface area (TPSA) is 88.4 Å². The molecule has 1 N–H and O–H groups in total. The van der Waals surface area contributed by atoms with Gasteiger partial charge in [0.2, 0.25) is 0 Å². The molecule has 0 aliphatic carbocycles. The molecular formula is C39H40N2O5. The molecule has 1 amide bonds. The van der Waals surface area contributed by atoms with E-state index < -0.39 is 5.97 Å². The maximum Gasteiger partial charge on any atom is 0.335 e. The number of hydrogen-bond donors (Lipinski definition) is 1. The monoisotopic (exact) mass is 616 g/mol. The van der Waals surface area contributed by atoms with E-state index in [1.54, 1.807) is 18.2 Å². The standard InChI is InChI=1S/C39H40N2O5/c1-24(2)26-10-17-31(18-11-26)45-33-19-12-28(35(23-33)46-32-20-13-29(14-21-32)39(5,6)7)22-34-36(25(3)4)40-41(37(34)42)30-15-8-27(9-16-30)38(43)44/h8-25H,1-7H3,(H,43,44)/b34-22-. The summed E-state index contributed by atoms with van der Waals surface area (Å²) in [5.74, 6) is 1.50. The average Bonchev–Trinajstić information content (AvgIpc) is 3.34. The number of anilines is 1. The van der Waals surface area contributed by atoms with Gasteiger partial charge in [0, 0.05) is 11.6 Å². The molecule has 0 saturated carbocycles. The van der Waals surface area contributed by atoms with Crippen molar-refractivity contribution in [1.82, 2.24) is 0 Å². The smallest absolute Gasteiger partial charge is 0.335 e. The predicted molar refractivity (Wildman–Crippen MR) is 183 cm³/mol. The van der Waals surface area contributed by atoms with Gasteiger partial charge in [-0.25, -0.2) is 4.79 Å². The van der Waals surface area contributed by atoms with E-state index in [1.807, 2.05) is 56.3 Å². The van der Waals surface area contributed by atoms with Gasteiger partial charge >= 0.3 is 5.97 Å². The molecule has 0 fully saturated rings. The molecule has 46 heavy (non-hydrogen) atoms. The molecule has 7 heteroatoms. The Kier molecular flexibility index (Phi) is 9.15. The van der Waals surface area contributed by atoms with Crippen LogP contribution in [0.15, 0.2) is 102 Å². The summed E-state index contributed by atoms with van der Waals surface area (Å²) in [6.07, 6.45) is 1.80. The van der Waals surface area contributed by atoms with Crippen LogP contribution in [0.25, 0.3) is 6.08 Å². The maximum absolute atomic E-state index is 13.8. The Balaban J connectivity index is 1.52. The summed E-state index contributed by atoms with van der Waals surface area (Å²) in [5.41, 5.74) is 4.78. The summed E-state index contributed by atoms with van der Waals surface area (Å²) in [4.78, 5) is 25.1. The van der Waals surface area contributed by atoms with Crippen molar-refractivity contribution in [2.45, 2.75) is 59.8 Å². The van der Waals surface area contributed by atoms with E-state index >= 15 is 0 Å². The van der Waals surface area contributed by atoms with Gasteiger partial charge in [0.15, 0.2) is 0 Å². The number of aromatic carboxylic acids is 1. The van der Waals surface area contributed by atoms with Crippen molar-refractivity contribution in [2.24, 2.45) is 11.0 Å². The Bertz CT molecular complexity index is 1790. The van der Waals surface area contributed by atoms with Crippen LogP contribution in [0, 0.1) is 5.92 Å². The first-order valence-corrected chi connectivity index (χ1v) is 15.5. The zero-order valence-electron chi connectivity index (χ0n) is 27.4. The van der Waals surface area contributed by atoms with Gasteiger partial charge in [-0.3, -0.25) is 4.79 Å². The lowest BCUT2D eigenvalue weighted by Crippen LogP contribution is -2.21. The number of ether oxygens (including phenoxy) is 2. The molecule has 236 valence electrons. The Morgan fingerprint density at radius 1 is 0.783 bits per heavy atom. The number of carboxylic acids is 1. The lowest BCUT2D eigenvalue weighted by Gasteiger charge is -2.19. The quantitative estimate of drug-likeness (QED) is 0.189. The largest absolute Gasteiger partial charge is 0.478 e. The second-order valence-corrected chi connectivity index (χ2v) is 13.1. The van der Waals surface area contributed by atoms with Gasteiger partial charge in [-0.15, -0.1) is 0 Å². The summed E-state index contributed by atoms with van der Waals surface area (Å²) in [6.45, 7) is 14.8. The minimum absolute atomic E-state index is 0.00220. The van der Waals surface area contributed by atoms with Gasteiger partial charge in [0.25, 0.3) is 5.91 Å². The van der Waals surface area contributed by atoms with Crippen molar-refractivity contribution in [2.75, 3.05) is 5.01 Å². The fourth-order valence-electron chi connectivity index (χ4n) is 5.06. The highest BCUT2D eigenvalue weighted by atomic mass is 16.5. The minimum Gasteiger partial charge on any atom is -0.478 e. The molecule has 0 unspecified atom stereocenters. The lowest BCUT2D eigenvalue weighted by molar-refractivity contribution is -0.114. The van der Waals surface area contributed by atoms with Crippen molar-refractivity contribution < 1.29 is 24.2 Å². The minimum atomic E-state index is -1.04. The van der Waals surface area contributed by atoms with Gasteiger partial charge < -0.3 is 14.6 Å². The Hall–Kier alpha value is -5.17. The first kappa shape index (κ1) is 32.2. The van der Waals surface area contributed by atoms with E-state index in [1.165, 1.54) is 28.3 Å². The summed E-state index contributed by atoms with van der Waals surface area (Å²) in [6, 6.07) is 27.7. The fraction of sp³-hybridized carbons (Fsp3) is 0.256. The van der Waals surface area contributed by atoms with Crippen LogP contribution in [-0.2, 0) is 10.2 Å². The zero-order valence-corrected chi connectivity index (χ0v) is 27.4. The van der Waals surface area contributed by atoms with Gasteiger partial charge in [0.05, 0.1) is 22.5 Å². The maximum atomic E-state index is 13.8. The molecule has 1 heterocycles. The second-order valence-electron chi connectivity index (χ2n) is 13.1. The fourth-order valence-corrected chi connectivity index (χ4v) is 5.06. The number of carboxylic acid groups (broad SMARTS) is 1. The van der Waals surface area contributed by atoms with Crippen molar-refractivity contribution in [3.63, 3.8) is 0 Å². The molecule has 5 rings (SSSR count). The summed E-state index contributed by atoms with van der Waals surface area (Å²) in [5, 5.41) is 15.3. The second kappa shape index (κ2) is 13.1. The third kappa shape index (κ3) is 7.20. The molecule has 0 atom stereocenters. The van der Waals surface area contributed by atoms with Crippen LogP contribution in [-0.4, -0.2) is 22.7 Å². The van der Waals surface area contributed by atoms with Crippen molar-refractivity contribution in [3.05, 3.63) is 119 Å². The molecular weight excluding hydrogens is 576 g/mol. The lowest BCUT2D eigenvalue weighted by atomic mass is 9.87. The third-order valence-corrected chi connectivity index (χ3v) is 7.83. The van der Waals surface area contributed by atoms with Gasteiger partial charge in [-0.05, 0) is 95.1 Å².